The summed E-state index contributed by atoms with van der Waals surface area (Å²) in [7, 11) is 0. The van der Waals surface area contributed by atoms with Crippen molar-refractivity contribution in [2.45, 2.75) is 18.9 Å². The van der Waals surface area contributed by atoms with E-state index < -0.39 is 0 Å². The van der Waals surface area contributed by atoms with Gasteiger partial charge in [-0.05, 0) is 37.1 Å². The van der Waals surface area contributed by atoms with Gasteiger partial charge in [-0.15, -0.1) is 0 Å². The molecule has 0 unspecified atom stereocenters. The maximum absolute atomic E-state index is 8.75. The van der Waals surface area contributed by atoms with Crippen molar-refractivity contribution in [2.24, 2.45) is 5.73 Å². The fourth-order valence-electron chi connectivity index (χ4n) is 2.29. The molecule has 2 rings (SSSR count). The van der Waals surface area contributed by atoms with Gasteiger partial charge in [-0.25, -0.2) is 0 Å². The molecule has 1 aromatic rings. The second-order valence-corrected chi connectivity index (χ2v) is 5.02. The summed E-state index contributed by atoms with van der Waals surface area (Å²) in [5.41, 5.74) is 8.07. The van der Waals surface area contributed by atoms with E-state index in [1.165, 1.54) is 5.56 Å². The Morgan fingerprint density at radius 3 is 2.58 bits per heavy atom. The van der Waals surface area contributed by atoms with Crippen LogP contribution >= 0.6 is 0 Å². The van der Waals surface area contributed by atoms with Gasteiger partial charge in [0.05, 0.1) is 24.8 Å². The number of rotatable bonds is 5. The summed E-state index contributed by atoms with van der Waals surface area (Å²) in [5, 5.41) is 8.75. The van der Waals surface area contributed by atoms with Crippen molar-refractivity contribution in [1.29, 1.82) is 5.26 Å². The van der Waals surface area contributed by atoms with Gasteiger partial charge >= 0.3 is 0 Å². The molecule has 1 aliphatic heterocycles. The van der Waals surface area contributed by atoms with Gasteiger partial charge in [0.2, 0.25) is 0 Å². The highest BCUT2D eigenvalue weighted by Gasteiger charge is 2.12. The van der Waals surface area contributed by atoms with Gasteiger partial charge < -0.3 is 10.5 Å². The van der Waals surface area contributed by atoms with Gasteiger partial charge in [0.1, 0.15) is 0 Å². The number of morpholine rings is 1. The molecule has 1 saturated heterocycles. The zero-order valence-electron chi connectivity index (χ0n) is 11.2. The van der Waals surface area contributed by atoms with Crippen molar-refractivity contribution in [3.05, 3.63) is 35.4 Å². The van der Waals surface area contributed by atoms with Crippen LogP contribution in [0.5, 0.6) is 0 Å². The first-order chi connectivity index (χ1) is 9.28. The van der Waals surface area contributed by atoms with Gasteiger partial charge in [0, 0.05) is 19.1 Å². The van der Waals surface area contributed by atoms with E-state index in [0.717, 1.165) is 45.7 Å². The minimum atomic E-state index is 0.177. The highest BCUT2D eigenvalue weighted by molar-refractivity contribution is 5.31. The first kappa shape index (κ1) is 14.0. The Labute approximate surface area is 114 Å². The van der Waals surface area contributed by atoms with Gasteiger partial charge in [0.15, 0.2) is 0 Å². The third-order valence-electron chi connectivity index (χ3n) is 3.50. The van der Waals surface area contributed by atoms with E-state index in [9.17, 15) is 0 Å². The lowest BCUT2D eigenvalue weighted by Crippen LogP contribution is -2.39. The van der Waals surface area contributed by atoms with Crippen LogP contribution in [-0.2, 0) is 11.2 Å². The monoisotopic (exact) mass is 259 g/mol. The molecule has 19 heavy (non-hydrogen) atoms. The Balaban J connectivity index is 1.73. The van der Waals surface area contributed by atoms with E-state index in [4.69, 9.17) is 15.7 Å². The number of benzene rings is 1. The number of nitriles is 1. The molecule has 102 valence electrons. The van der Waals surface area contributed by atoms with Crippen LogP contribution in [0.1, 0.15) is 17.5 Å². The molecule has 0 saturated carbocycles. The standard InChI is InChI=1S/C15H21N3O/c16-12-14-3-1-13(2-4-14)11-15(17)5-6-18-7-9-19-10-8-18/h1-4,15H,5-11,17H2/t15-/m0/s1. The number of ether oxygens (including phenoxy) is 1. The Bertz CT molecular complexity index is 418. The van der Waals surface area contributed by atoms with Crippen LogP contribution in [0.2, 0.25) is 0 Å². The van der Waals surface area contributed by atoms with E-state index in [0.29, 0.717) is 5.56 Å². The minimum absolute atomic E-state index is 0.177. The van der Waals surface area contributed by atoms with E-state index in [-0.39, 0.29) is 6.04 Å². The first-order valence-corrected chi connectivity index (χ1v) is 6.82. The van der Waals surface area contributed by atoms with Crippen molar-refractivity contribution in [1.82, 2.24) is 4.90 Å². The molecule has 0 aliphatic carbocycles. The lowest BCUT2D eigenvalue weighted by Gasteiger charge is -2.27. The summed E-state index contributed by atoms with van der Waals surface area (Å²) in [6.07, 6.45) is 1.87. The third-order valence-corrected chi connectivity index (χ3v) is 3.50. The maximum atomic E-state index is 8.75. The fourth-order valence-corrected chi connectivity index (χ4v) is 2.29. The van der Waals surface area contributed by atoms with Crippen LogP contribution in [0.25, 0.3) is 0 Å². The quantitative estimate of drug-likeness (QED) is 0.861. The highest BCUT2D eigenvalue weighted by atomic mass is 16.5. The van der Waals surface area contributed by atoms with Crippen LogP contribution in [0.3, 0.4) is 0 Å². The summed E-state index contributed by atoms with van der Waals surface area (Å²) in [6.45, 7) is 4.75. The smallest absolute Gasteiger partial charge is 0.0991 e. The Morgan fingerprint density at radius 1 is 1.26 bits per heavy atom. The zero-order valence-corrected chi connectivity index (χ0v) is 11.2. The van der Waals surface area contributed by atoms with Crippen LogP contribution in [0.4, 0.5) is 0 Å². The summed E-state index contributed by atoms with van der Waals surface area (Å²) in [6, 6.07) is 9.99. The second-order valence-electron chi connectivity index (χ2n) is 5.02. The lowest BCUT2D eigenvalue weighted by atomic mass is 10.0. The molecule has 4 nitrogen and oxygen atoms in total. The number of nitrogens with two attached hydrogens (primary N) is 1. The number of hydrogen-bond donors (Lipinski definition) is 1. The van der Waals surface area contributed by atoms with Crippen molar-refractivity contribution in [3.63, 3.8) is 0 Å². The molecule has 4 heteroatoms. The average molecular weight is 259 g/mol. The Kier molecular flexibility index (Phi) is 5.34. The lowest BCUT2D eigenvalue weighted by molar-refractivity contribution is 0.0366. The van der Waals surface area contributed by atoms with E-state index in [1.54, 1.807) is 0 Å². The first-order valence-electron chi connectivity index (χ1n) is 6.82. The van der Waals surface area contributed by atoms with Gasteiger partial charge in [-0.1, -0.05) is 12.1 Å². The van der Waals surface area contributed by atoms with Gasteiger partial charge in [-0.2, -0.15) is 5.26 Å². The molecule has 0 radical (unpaired) electrons. The Hall–Kier alpha value is -1.41. The van der Waals surface area contributed by atoms with Crippen LogP contribution in [-0.4, -0.2) is 43.8 Å². The van der Waals surface area contributed by atoms with Crippen LogP contribution < -0.4 is 5.73 Å². The highest BCUT2D eigenvalue weighted by Crippen LogP contribution is 2.08. The average Bonchev–Trinajstić information content (AvgIpc) is 2.47. The zero-order chi connectivity index (χ0) is 13.5. The summed E-state index contributed by atoms with van der Waals surface area (Å²) >= 11 is 0. The van der Waals surface area contributed by atoms with Gasteiger partial charge in [-0.3, -0.25) is 4.90 Å². The number of hydrogen-bond acceptors (Lipinski definition) is 4. The molecule has 1 aromatic carbocycles. The Morgan fingerprint density at radius 2 is 1.95 bits per heavy atom. The topological polar surface area (TPSA) is 62.3 Å². The predicted molar refractivity (Wildman–Crippen MR) is 74.7 cm³/mol. The van der Waals surface area contributed by atoms with E-state index in [1.807, 2.05) is 24.3 Å². The van der Waals surface area contributed by atoms with Crippen LogP contribution in [0, 0.1) is 11.3 Å². The normalized spacial score (nSPS) is 17.9. The molecular formula is C15H21N3O. The largest absolute Gasteiger partial charge is 0.379 e. The van der Waals surface area contributed by atoms with E-state index >= 15 is 0 Å². The van der Waals surface area contributed by atoms with Crippen molar-refractivity contribution < 1.29 is 4.74 Å². The summed E-state index contributed by atoms with van der Waals surface area (Å²) < 4.78 is 5.32. The maximum Gasteiger partial charge on any atom is 0.0991 e. The summed E-state index contributed by atoms with van der Waals surface area (Å²) in [5.74, 6) is 0. The second kappa shape index (κ2) is 7.25. The molecule has 1 heterocycles. The molecular weight excluding hydrogens is 238 g/mol. The fraction of sp³-hybridized carbons (Fsp3) is 0.533. The SMILES string of the molecule is N#Cc1ccc(C[C@@H](N)CCN2CCOCC2)cc1. The molecule has 1 aliphatic rings. The summed E-state index contributed by atoms with van der Waals surface area (Å²) in [4.78, 5) is 2.40. The molecule has 1 atom stereocenters. The number of nitrogens with zero attached hydrogens (tertiary/aromatic N) is 2. The molecule has 0 spiro atoms. The predicted octanol–water partition coefficient (Wildman–Crippen LogP) is 1.15. The molecule has 0 amide bonds. The van der Waals surface area contributed by atoms with Crippen LogP contribution in [0.15, 0.2) is 24.3 Å². The van der Waals surface area contributed by atoms with Gasteiger partial charge in [0.25, 0.3) is 0 Å². The van der Waals surface area contributed by atoms with Crippen molar-refractivity contribution in [3.8, 4) is 6.07 Å². The van der Waals surface area contributed by atoms with E-state index in [2.05, 4.69) is 11.0 Å². The molecule has 1 fully saturated rings. The van der Waals surface area contributed by atoms with Crippen molar-refractivity contribution >= 4 is 0 Å². The molecule has 2 N–H and O–H groups in total. The third kappa shape index (κ3) is 4.64. The minimum Gasteiger partial charge on any atom is -0.379 e. The molecule has 0 bridgehead atoms. The molecule has 0 aromatic heterocycles. The van der Waals surface area contributed by atoms with Crippen molar-refractivity contribution in [2.75, 3.05) is 32.8 Å².